The highest BCUT2D eigenvalue weighted by Gasteiger charge is 2.34. The van der Waals surface area contributed by atoms with Gasteiger partial charge in [0.25, 0.3) is 5.91 Å². The number of nitrogens with two attached hydrogens (primary N) is 1. The van der Waals surface area contributed by atoms with Gasteiger partial charge in [-0.25, -0.2) is 0 Å². The minimum atomic E-state index is -1.05. The van der Waals surface area contributed by atoms with Gasteiger partial charge in [-0.15, -0.1) is 0 Å². The summed E-state index contributed by atoms with van der Waals surface area (Å²) in [5.74, 6) is 0.134. The van der Waals surface area contributed by atoms with Crippen LogP contribution in [0.1, 0.15) is 55.3 Å². The number of carbonyl (C=O) groups excluding carboxylic acids is 2. The van der Waals surface area contributed by atoms with Gasteiger partial charge >= 0.3 is 0 Å². The first-order chi connectivity index (χ1) is 13.4. The number of benzene rings is 1. The fourth-order valence-corrected chi connectivity index (χ4v) is 4.60. The van der Waals surface area contributed by atoms with Crippen molar-refractivity contribution in [1.82, 2.24) is 10.2 Å². The van der Waals surface area contributed by atoms with E-state index in [-0.39, 0.29) is 23.8 Å². The zero-order chi connectivity index (χ0) is 20.3. The normalized spacial score (nSPS) is 24.7. The Kier molecular flexibility index (Phi) is 6.88. The van der Waals surface area contributed by atoms with E-state index < -0.39 is 16.8 Å². The molecule has 2 fully saturated rings. The third-order valence-electron chi connectivity index (χ3n) is 6.32. The summed E-state index contributed by atoms with van der Waals surface area (Å²) < 4.78 is 11.5. The van der Waals surface area contributed by atoms with E-state index in [1.54, 1.807) is 30.5 Å². The second-order valence-corrected chi connectivity index (χ2v) is 9.50. The van der Waals surface area contributed by atoms with Gasteiger partial charge in [-0.05, 0) is 75.1 Å². The number of hydrogen-bond donors (Lipinski definition) is 2. The molecule has 0 heterocycles. The zero-order valence-corrected chi connectivity index (χ0v) is 17.5. The molecule has 2 aliphatic carbocycles. The van der Waals surface area contributed by atoms with Crippen LogP contribution in [0.2, 0.25) is 0 Å². The molecule has 1 aromatic carbocycles. The van der Waals surface area contributed by atoms with Crippen LogP contribution in [0.5, 0.6) is 0 Å². The quantitative estimate of drug-likeness (QED) is 0.758. The fraction of sp³-hybridized carbons (Fsp3) is 0.619. The summed E-state index contributed by atoms with van der Waals surface area (Å²) in [6, 6.07) is 6.91. The molecule has 28 heavy (non-hydrogen) atoms. The number of likely N-dealkylation sites (N-methyl/N-ethyl adjacent to an activating group) is 1. The highest BCUT2D eigenvalue weighted by atomic mass is 32.2. The minimum absolute atomic E-state index is 0.0607. The minimum Gasteiger partial charge on any atom is -0.349 e. The van der Waals surface area contributed by atoms with Crippen LogP contribution in [-0.4, -0.2) is 52.4 Å². The van der Waals surface area contributed by atoms with Crippen LogP contribution >= 0.6 is 0 Å². The largest absolute Gasteiger partial charge is 0.349 e. The number of carbonyl (C=O) groups is 2. The third-order valence-corrected chi connectivity index (χ3v) is 7.25. The van der Waals surface area contributed by atoms with E-state index in [2.05, 4.69) is 5.32 Å². The Morgan fingerprint density at radius 1 is 1.11 bits per heavy atom. The molecule has 3 rings (SSSR count). The monoisotopic (exact) mass is 405 g/mol. The molecule has 0 radical (unpaired) electrons. The fourth-order valence-electron chi connectivity index (χ4n) is 4.08. The van der Waals surface area contributed by atoms with Gasteiger partial charge in [0.05, 0.1) is 6.04 Å². The number of amides is 2. The van der Waals surface area contributed by atoms with Gasteiger partial charge in [0, 0.05) is 46.6 Å². The Hall–Kier alpha value is -1.73. The topological polar surface area (TPSA) is 92.5 Å². The Morgan fingerprint density at radius 3 is 2.21 bits per heavy atom. The molecule has 0 saturated heterocycles. The lowest BCUT2D eigenvalue weighted by Crippen LogP contribution is -2.52. The summed E-state index contributed by atoms with van der Waals surface area (Å²) in [6.45, 7) is 0. The third kappa shape index (κ3) is 4.81. The number of hydrogen-bond acceptors (Lipinski definition) is 4. The number of nitrogens with one attached hydrogen (secondary N) is 1. The molecule has 2 saturated carbocycles. The Morgan fingerprint density at radius 2 is 1.71 bits per heavy atom. The molecular formula is C21H31N3O3S. The van der Waals surface area contributed by atoms with Gasteiger partial charge in [0.2, 0.25) is 5.91 Å². The molecule has 0 aliphatic heterocycles. The van der Waals surface area contributed by atoms with Crippen LogP contribution in [0.4, 0.5) is 0 Å². The smallest absolute Gasteiger partial charge is 0.251 e. The SMILES string of the molecule is CN(C(=O)[C@@H](N)C1CCC(NC(=O)c2ccc(S(C)=O)cc2)CC1)C1CCC1. The van der Waals surface area contributed by atoms with Gasteiger partial charge < -0.3 is 16.0 Å². The molecule has 2 amide bonds. The van der Waals surface area contributed by atoms with Crippen LogP contribution in [0, 0.1) is 5.92 Å². The first kappa shape index (κ1) is 21.0. The van der Waals surface area contributed by atoms with Gasteiger partial charge in [0.1, 0.15) is 0 Å². The summed E-state index contributed by atoms with van der Waals surface area (Å²) in [6.07, 6.45) is 8.36. The Bertz CT molecular complexity index is 725. The van der Waals surface area contributed by atoms with Crippen LogP contribution in [0.3, 0.4) is 0 Å². The molecule has 6 nitrogen and oxygen atoms in total. The second kappa shape index (κ2) is 9.18. The van der Waals surface area contributed by atoms with Crippen molar-refractivity contribution in [2.45, 2.75) is 68.0 Å². The van der Waals surface area contributed by atoms with Crippen molar-refractivity contribution >= 4 is 22.6 Å². The zero-order valence-electron chi connectivity index (χ0n) is 16.7. The Labute approximate surface area is 169 Å². The molecular weight excluding hydrogens is 374 g/mol. The van der Waals surface area contributed by atoms with Gasteiger partial charge in [0.15, 0.2) is 0 Å². The van der Waals surface area contributed by atoms with E-state index in [1.165, 1.54) is 6.42 Å². The molecule has 2 aliphatic rings. The predicted molar refractivity (Wildman–Crippen MR) is 110 cm³/mol. The van der Waals surface area contributed by atoms with E-state index in [9.17, 15) is 13.8 Å². The molecule has 154 valence electrons. The standard InChI is InChI=1S/C21H31N3O3S/c1-24(17-4-3-5-17)21(26)19(22)14-6-10-16(11-7-14)23-20(25)15-8-12-18(13-9-15)28(2)27/h8-9,12-14,16-17,19H,3-7,10-11,22H2,1-2H3,(H,23,25)/t14?,16?,19-,28?/m0/s1. The van der Waals surface area contributed by atoms with Crippen LogP contribution in [0.15, 0.2) is 29.2 Å². The first-order valence-corrected chi connectivity index (χ1v) is 11.7. The summed E-state index contributed by atoms with van der Waals surface area (Å²) in [5, 5.41) is 3.08. The van der Waals surface area contributed by atoms with Crippen molar-refractivity contribution in [1.29, 1.82) is 0 Å². The van der Waals surface area contributed by atoms with Crippen molar-refractivity contribution in [2.75, 3.05) is 13.3 Å². The first-order valence-electron chi connectivity index (χ1n) is 10.1. The highest BCUT2D eigenvalue weighted by Crippen LogP contribution is 2.29. The average Bonchev–Trinajstić information content (AvgIpc) is 2.66. The predicted octanol–water partition coefficient (Wildman–Crippen LogP) is 2.05. The summed E-state index contributed by atoms with van der Waals surface area (Å²) in [4.78, 5) is 27.6. The molecule has 2 atom stereocenters. The van der Waals surface area contributed by atoms with Crippen LogP contribution < -0.4 is 11.1 Å². The van der Waals surface area contributed by atoms with E-state index in [0.29, 0.717) is 16.5 Å². The van der Waals surface area contributed by atoms with Gasteiger partial charge in [-0.3, -0.25) is 13.8 Å². The van der Waals surface area contributed by atoms with Crippen molar-refractivity contribution in [3.8, 4) is 0 Å². The molecule has 1 aromatic rings. The lowest BCUT2D eigenvalue weighted by atomic mass is 9.80. The number of nitrogens with zero attached hydrogens (tertiary/aromatic N) is 1. The summed E-state index contributed by atoms with van der Waals surface area (Å²) >= 11 is 0. The molecule has 0 aromatic heterocycles. The Balaban J connectivity index is 1.47. The number of rotatable bonds is 6. The van der Waals surface area contributed by atoms with E-state index in [1.807, 2.05) is 11.9 Å². The van der Waals surface area contributed by atoms with E-state index >= 15 is 0 Å². The highest BCUT2D eigenvalue weighted by molar-refractivity contribution is 7.84. The summed E-state index contributed by atoms with van der Waals surface area (Å²) in [7, 11) is 0.825. The van der Waals surface area contributed by atoms with E-state index in [4.69, 9.17) is 5.73 Å². The average molecular weight is 406 g/mol. The lowest BCUT2D eigenvalue weighted by molar-refractivity contribution is -0.136. The van der Waals surface area contributed by atoms with Crippen molar-refractivity contribution in [3.63, 3.8) is 0 Å². The van der Waals surface area contributed by atoms with E-state index in [0.717, 1.165) is 38.5 Å². The maximum absolute atomic E-state index is 12.6. The molecule has 1 unspecified atom stereocenters. The van der Waals surface area contributed by atoms with Gasteiger partial charge in [-0.1, -0.05) is 0 Å². The molecule has 0 bridgehead atoms. The van der Waals surface area contributed by atoms with Crippen molar-refractivity contribution < 1.29 is 13.8 Å². The van der Waals surface area contributed by atoms with Crippen molar-refractivity contribution in [2.24, 2.45) is 11.7 Å². The molecule has 3 N–H and O–H groups in total. The second-order valence-electron chi connectivity index (χ2n) is 8.12. The maximum atomic E-state index is 12.6. The molecule has 0 spiro atoms. The molecule has 7 heteroatoms. The van der Waals surface area contributed by atoms with Crippen LogP contribution in [-0.2, 0) is 15.6 Å². The van der Waals surface area contributed by atoms with Crippen molar-refractivity contribution in [3.05, 3.63) is 29.8 Å². The summed E-state index contributed by atoms with van der Waals surface area (Å²) in [5.41, 5.74) is 6.86. The van der Waals surface area contributed by atoms with Gasteiger partial charge in [-0.2, -0.15) is 0 Å². The maximum Gasteiger partial charge on any atom is 0.251 e. The van der Waals surface area contributed by atoms with Crippen LogP contribution in [0.25, 0.3) is 0 Å². The lowest BCUT2D eigenvalue weighted by Gasteiger charge is -2.38.